The average Bonchev–Trinajstić information content (AvgIpc) is 2.45. The molecule has 0 heterocycles. The molecule has 5 nitrogen and oxygen atoms in total. The van der Waals surface area contributed by atoms with Crippen LogP contribution in [0.4, 0.5) is 0 Å². The lowest BCUT2D eigenvalue weighted by molar-refractivity contribution is 0.284. The highest BCUT2D eigenvalue weighted by atomic mass is 32.2. The molecule has 1 rings (SSSR count). The molecule has 0 aliphatic heterocycles. The van der Waals surface area contributed by atoms with Crippen LogP contribution in [0.2, 0.25) is 0 Å². The summed E-state index contributed by atoms with van der Waals surface area (Å²) in [6.45, 7) is 2.75. The molecule has 0 bridgehead atoms. The maximum absolute atomic E-state index is 11.1. The van der Waals surface area contributed by atoms with Crippen LogP contribution in [0.3, 0.4) is 0 Å². The van der Waals surface area contributed by atoms with Crippen molar-refractivity contribution in [1.82, 2.24) is 0 Å². The lowest BCUT2D eigenvalue weighted by Crippen LogP contribution is -2.02. The van der Waals surface area contributed by atoms with Gasteiger partial charge in [0.15, 0.2) is 11.5 Å². The lowest BCUT2D eigenvalue weighted by Gasteiger charge is -2.11. The summed E-state index contributed by atoms with van der Waals surface area (Å²) in [6, 6.07) is 4.05. The number of hydrogen-bond acceptors (Lipinski definition) is 4. The Hall–Kier alpha value is -1.27. The van der Waals surface area contributed by atoms with Crippen molar-refractivity contribution in [2.24, 2.45) is 0 Å². The molecule has 21 heavy (non-hydrogen) atoms. The molecule has 0 atom stereocenters. The normalized spacial score (nSPS) is 11.4. The van der Waals surface area contributed by atoms with E-state index in [1.807, 2.05) is 0 Å². The molecule has 0 unspecified atom stereocenters. The molecule has 0 saturated carbocycles. The standard InChI is InChI=1S/C15H24O5S/c1-3-4-5-6-7-8-11-20-14-10-9-13(21(16,17)18)12-15(14)19-2/h9-10,12H,3-8,11H2,1-2H3,(H,16,17,18). The van der Waals surface area contributed by atoms with Crippen LogP contribution >= 0.6 is 0 Å². The quantitative estimate of drug-likeness (QED) is 0.526. The Morgan fingerprint density at radius 3 is 2.33 bits per heavy atom. The van der Waals surface area contributed by atoms with Gasteiger partial charge in [-0.3, -0.25) is 4.55 Å². The molecule has 0 spiro atoms. The van der Waals surface area contributed by atoms with E-state index in [-0.39, 0.29) is 4.90 Å². The zero-order valence-corrected chi connectivity index (χ0v) is 13.5. The van der Waals surface area contributed by atoms with Crippen molar-refractivity contribution in [3.05, 3.63) is 18.2 Å². The third kappa shape index (κ3) is 6.35. The van der Waals surface area contributed by atoms with Gasteiger partial charge in [-0.2, -0.15) is 8.42 Å². The fraction of sp³-hybridized carbons (Fsp3) is 0.600. The highest BCUT2D eigenvalue weighted by molar-refractivity contribution is 7.85. The van der Waals surface area contributed by atoms with Crippen molar-refractivity contribution >= 4 is 10.1 Å². The SMILES string of the molecule is CCCCCCCCOc1ccc(S(=O)(=O)O)cc1OC. The van der Waals surface area contributed by atoms with E-state index in [1.165, 1.54) is 51.0 Å². The highest BCUT2D eigenvalue weighted by Crippen LogP contribution is 2.29. The van der Waals surface area contributed by atoms with E-state index < -0.39 is 10.1 Å². The van der Waals surface area contributed by atoms with Gasteiger partial charge in [-0.15, -0.1) is 0 Å². The molecule has 0 fully saturated rings. The van der Waals surface area contributed by atoms with E-state index in [1.54, 1.807) is 0 Å². The van der Waals surface area contributed by atoms with Crippen molar-refractivity contribution in [3.63, 3.8) is 0 Å². The third-order valence-corrected chi connectivity index (χ3v) is 4.04. The van der Waals surface area contributed by atoms with Crippen molar-refractivity contribution < 1.29 is 22.4 Å². The molecular formula is C15H24O5S. The van der Waals surface area contributed by atoms with Gasteiger partial charge in [0.1, 0.15) is 0 Å². The summed E-state index contributed by atoms with van der Waals surface area (Å²) in [7, 11) is -2.79. The maximum Gasteiger partial charge on any atom is 0.294 e. The fourth-order valence-electron chi connectivity index (χ4n) is 1.99. The van der Waals surface area contributed by atoms with Crippen molar-refractivity contribution in [3.8, 4) is 11.5 Å². The molecule has 0 radical (unpaired) electrons. The van der Waals surface area contributed by atoms with Gasteiger partial charge in [0.2, 0.25) is 0 Å². The van der Waals surface area contributed by atoms with Crippen molar-refractivity contribution in [2.45, 2.75) is 50.3 Å². The second-order valence-electron chi connectivity index (χ2n) is 4.90. The first-order chi connectivity index (χ1) is 9.99. The van der Waals surface area contributed by atoms with E-state index in [9.17, 15) is 8.42 Å². The summed E-state index contributed by atoms with van der Waals surface area (Å²) < 4.78 is 41.8. The minimum atomic E-state index is -4.23. The first-order valence-corrected chi connectivity index (χ1v) is 8.71. The number of benzene rings is 1. The number of rotatable bonds is 10. The number of methoxy groups -OCH3 is 1. The minimum Gasteiger partial charge on any atom is -0.493 e. The van der Waals surface area contributed by atoms with Gasteiger partial charge < -0.3 is 9.47 Å². The van der Waals surface area contributed by atoms with Gasteiger partial charge in [0.05, 0.1) is 18.6 Å². The average molecular weight is 316 g/mol. The Balaban J connectivity index is 2.48. The summed E-state index contributed by atoms with van der Waals surface area (Å²) >= 11 is 0. The lowest BCUT2D eigenvalue weighted by atomic mass is 10.1. The molecule has 1 aromatic rings. The van der Waals surface area contributed by atoms with E-state index in [4.69, 9.17) is 14.0 Å². The topological polar surface area (TPSA) is 72.8 Å². The Labute approximate surface area is 127 Å². The van der Waals surface area contributed by atoms with Crippen molar-refractivity contribution in [1.29, 1.82) is 0 Å². The fourth-order valence-corrected chi connectivity index (χ4v) is 2.49. The van der Waals surface area contributed by atoms with Crippen LogP contribution in [0, 0.1) is 0 Å². The Morgan fingerprint density at radius 2 is 1.71 bits per heavy atom. The monoisotopic (exact) mass is 316 g/mol. The Kier molecular flexibility index (Phi) is 7.53. The van der Waals surface area contributed by atoms with Crippen LogP contribution in [0.1, 0.15) is 45.4 Å². The van der Waals surface area contributed by atoms with Gasteiger partial charge in [-0.05, 0) is 18.6 Å². The third-order valence-electron chi connectivity index (χ3n) is 3.19. The van der Waals surface area contributed by atoms with E-state index >= 15 is 0 Å². The molecule has 0 amide bonds. The maximum atomic E-state index is 11.1. The molecule has 120 valence electrons. The van der Waals surface area contributed by atoms with E-state index in [2.05, 4.69) is 6.92 Å². The Morgan fingerprint density at radius 1 is 1.05 bits per heavy atom. The summed E-state index contributed by atoms with van der Waals surface area (Å²) in [5.41, 5.74) is 0. The number of hydrogen-bond donors (Lipinski definition) is 1. The first kappa shape index (κ1) is 17.8. The van der Waals surface area contributed by atoms with Crippen LogP contribution in [-0.4, -0.2) is 26.7 Å². The van der Waals surface area contributed by atoms with E-state index in [0.29, 0.717) is 18.1 Å². The van der Waals surface area contributed by atoms with Crippen LogP contribution in [-0.2, 0) is 10.1 Å². The molecule has 0 aliphatic rings. The molecule has 0 aliphatic carbocycles. The summed E-state index contributed by atoms with van der Waals surface area (Å²) in [5.74, 6) is 0.787. The van der Waals surface area contributed by atoms with Gasteiger partial charge in [-0.25, -0.2) is 0 Å². The smallest absolute Gasteiger partial charge is 0.294 e. The summed E-state index contributed by atoms with van der Waals surface area (Å²) in [6.07, 6.45) is 7.02. The predicted molar refractivity (Wildman–Crippen MR) is 81.7 cm³/mol. The molecule has 1 N–H and O–H groups in total. The Bertz CT molecular complexity index is 525. The highest BCUT2D eigenvalue weighted by Gasteiger charge is 2.13. The largest absolute Gasteiger partial charge is 0.493 e. The number of unbranched alkanes of at least 4 members (excludes halogenated alkanes) is 5. The second-order valence-corrected chi connectivity index (χ2v) is 6.33. The van der Waals surface area contributed by atoms with Crippen LogP contribution in [0.5, 0.6) is 11.5 Å². The van der Waals surface area contributed by atoms with Gasteiger partial charge in [0.25, 0.3) is 10.1 Å². The zero-order chi connectivity index (χ0) is 15.7. The van der Waals surface area contributed by atoms with Gasteiger partial charge in [-0.1, -0.05) is 39.0 Å². The molecule has 6 heteroatoms. The van der Waals surface area contributed by atoms with E-state index in [0.717, 1.165) is 12.8 Å². The van der Waals surface area contributed by atoms with Gasteiger partial charge in [0, 0.05) is 6.07 Å². The zero-order valence-electron chi connectivity index (χ0n) is 12.7. The molecular weight excluding hydrogens is 292 g/mol. The molecule has 0 saturated heterocycles. The summed E-state index contributed by atoms with van der Waals surface area (Å²) in [4.78, 5) is -0.203. The minimum absolute atomic E-state index is 0.203. The summed E-state index contributed by atoms with van der Waals surface area (Å²) in [5, 5.41) is 0. The van der Waals surface area contributed by atoms with Crippen molar-refractivity contribution in [2.75, 3.05) is 13.7 Å². The van der Waals surface area contributed by atoms with Gasteiger partial charge >= 0.3 is 0 Å². The number of ether oxygens (including phenoxy) is 2. The molecule has 1 aromatic carbocycles. The first-order valence-electron chi connectivity index (χ1n) is 7.27. The predicted octanol–water partition coefficient (Wildman–Crippen LogP) is 3.68. The van der Waals surface area contributed by atoms with Crippen LogP contribution < -0.4 is 9.47 Å². The van der Waals surface area contributed by atoms with Crippen LogP contribution in [0.15, 0.2) is 23.1 Å². The molecule has 0 aromatic heterocycles. The second kappa shape index (κ2) is 8.89. The van der Waals surface area contributed by atoms with Crippen LogP contribution in [0.25, 0.3) is 0 Å².